The molecule has 0 fully saturated rings. The first-order valence-electron chi connectivity index (χ1n) is 5.56. The van der Waals surface area contributed by atoms with Crippen LogP contribution in [0.1, 0.15) is 22.6 Å². The highest BCUT2D eigenvalue weighted by molar-refractivity contribution is 5.39. The number of hydrogen-bond acceptors (Lipinski definition) is 5. The topological polar surface area (TPSA) is 97.6 Å². The third kappa shape index (κ3) is 2.42. The molecule has 0 spiro atoms. The molecule has 0 saturated carbocycles. The van der Waals surface area contributed by atoms with Crippen LogP contribution in [0.3, 0.4) is 0 Å². The predicted molar refractivity (Wildman–Crippen MR) is 66.4 cm³/mol. The quantitative estimate of drug-likeness (QED) is 0.616. The molecule has 2 heterocycles. The first-order chi connectivity index (χ1) is 9.02. The van der Waals surface area contributed by atoms with Crippen LogP contribution in [-0.2, 0) is 6.54 Å². The Morgan fingerprint density at radius 1 is 1.47 bits per heavy atom. The zero-order valence-corrected chi connectivity index (χ0v) is 10.5. The summed E-state index contributed by atoms with van der Waals surface area (Å²) in [7, 11) is 0. The molecule has 0 N–H and O–H groups in total. The number of aryl methyl sites for hydroxylation is 1. The molecule has 2 rings (SSSR count). The number of nitrogens with zero attached hydrogens (tertiary/aromatic N) is 5. The van der Waals surface area contributed by atoms with Crippen molar-refractivity contribution in [1.29, 1.82) is 5.26 Å². The third-order valence-electron chi connectivity index (χ3n) is 2.79. The van der Waals surface area contributed by atoms with Crippen LogP contribution in [0.25, 0.3) is 0 Å². The summed E-state index contributed by atoms with van der Waals surface area (Å²) in [6.45, 7) is 3.60. The zero-order chi connectivity index (χ0) is 14.0. The van der Waals surface area contributed by atoms with Gasteiger partial charge in [0.25, 0.3) is 0 Å². The SMILES string of the molecule is Cc1nn(Cc2ccc(C#N)cn2)c(C)c1[N+](=O)[O-]. The molecule has 0 bridgehead atoms. The third-order valence-corrected chi connectivity index (χ3v) is 2.79. The van der Waals surface area contributed by atoms with Gasteiger partial charge in [-0.1, -0.05) is 0 Å². The summed E-state index contributed by atoms with van der Waals surface area (Å²) in [5, 5.41) is 23.7. The van der Waals surface area contributed by atoms with E-state index >= 15 is 0 Å². The second-order valence-corrected chi connectivity index (χ2v) is 4.08. The molecule has 0 atom stereocenters. The molecule has 0 amide bonds. The van der Waals surface area contributed by atoms with E-state index < -0.39 is 4.92 Å². The average Bonchev–Trinajstić information content (AvgIpc) is 2.65. The van der Waals surface area contributed by atoms with Crippen LogP contribution in [0.4, 0.5) is 5.69 Å². The molecule has 0 unspecified atom stereocenters. The van der Waals surface area contributed by atoms with Crippen molar-refractivity contribution >= 4 is 5.69 Å². The van der Waals surface area contributed by atoms with Gasteiger partial charge >= 0.3 is 5.69 Å². The van der Waals surface area contributed by atoms with Gasteiger partial charge in [-0.05, 0) is 26.0 Å². The summed E-state index contributed by atoms with van der Waals surface area (Å²) in [5.41, 5.74) is 2.08. The Morgan fingerprint density at radius 2 is 2.21 bits per heavy atom. The Labute approximate surface area is 109 Å². The Hall–Kier alpha value is -2.75. The van der Waals surface area contributed by atoms with Gasteiger partial charge in [-0.2, -0.15) is 10.4 Å². The van der Waals surface area contributed by atoms with Crippen LogP contribution in [0.2, 0.25) is 0 Å². The van der Waals surface area contributed by atoms with E-state index in [-0.39, 0.29) is 5.69 Å². The van der Waals surface area contributed by atoms with Gasteiger partial charge in [0.2, 0.25) is 0 Å². The van der Waals surface area contributed by atoms with Crippen molar-refractivity contribution in [2.24, 2.45) is 0 Å². The highest BCUT2D eigenvalue weighted by Crippen LogP contribution is 2.22. The second kappa shape index (κ2) is 4.86. The Balaban J connectivity index is 2.31. The van der Waals surface area contributed by atoms with Gasteiger partial charge in [0, 0.05) is 6.20 Å². The second-order valence-electron chi connectivity index (χ2n) is 4.08. The lowest BCUT2D eigenvalue weighted by molar-refractivity contribution is -0.386. The van der Waals surface area contributed by atoms with Gasteiger partial charge < -0.3 is 0 Å². The summed E-state index contributed by atoms with van der Waals surface area (Å²) in [5.74, 6) is 0. The summed E-state index contributed by atoms with van der Waals surface area (Å²) in [6, 6.07) is 5.35. The van der Waals surface area contributed by atoms with Gasteiger partial charge in [0.1, 0.15) is 17.5 Å². The Morgan fingerprint density at radius 3 is 2.68 bits per heavy atom. The van der Waals surface area contributed by atoms with Crippen LogP contribution in [0, 0.1) is 35.3 Å². The molecule has 0 aromatic carbocycles. The first-order valence-corrected chi connectivity index (χ1v) is 5.56. The lowest BCUT2D eigenvalue weighted by Gasteiger charge is -2.02. The average molecular weight is 257 g/mol. The first kappa shape index (κ1) is 12.7. The van der Waals surface area contributed by atoms with Gasteiger partial charge in [-0.15, -0.1) is 0 Å². The fourth-order valence-corrected chi connectivity index (χ4v) is 1.84. The van der Waals surface area contributed by atoms with E-state index in [9.17, 15) is 10.1 Å². The van der Waals surface area contributed by atoms with E-state index in [1.165, 1.54) is 6.20 Å². The molecule has 19 heavy (non-hydrogen) atoms. The number of nitriles is 1. The fourth-order valence-electron chi connectivity index (χ4n) is 1.84. The van der Waals surface area contributed by atoms with E-state index in [0.717, 1.165) is 0 Å². The Kier molecular flexibility index (Phi) is 3.25. The summed E-state index contributed by atoms with van der Waals surface area (Å²) in [4.78, 5) is 14.6. The zero-order valence-electron chi connectivity index (χ0n) is 10.5. The number of nitro groups is 1. The van der Waals surface area contributed by atoms with E-state index in [1.54, 1.807) is 30.7 Å². The molecule has 7 nitrogen and oxygen atoms in total. The lowest BCUT2D eigenvalue weighted by Crippen LogP contribution is -2.06. The monoisotopic (exact) mass is 257 g/mol. The minimum Gasteiger partial charge on any atom is -0.258 e. The van der Waals surface area contributed by atoms with E-state index in [4.69, 9.17) is 5.26 Å². The van der Waals surface area contributed by atoms with Crippen molar-refractivity contribution < 1.29 is 4.92 Å². The molecule has 7 heteroatoms. The van der Waals surface area contributed by atoms with Crippen LogP contribution >= 0.6 is 0 Å². The van der Waals surface area contributed by atoms with E-state index in [2.05, 4.69) is 10.1 Å². The highest BCUT2D eigenvalue weighted by Gasteiger charge is 2.21. The molecule has 0 aliphatic carbocycles. The van der Waals surface area contributed by atoms with E-state index in [1.807, 2.05) is 6.07 Å². The van der Waals surface area contributed by atoms with Crippen molar-refractivity contribution in [2.75, 3.05) is 0 Å². The largest absolute Gasteiger partial charge is 0.312 e. The fraction of sp³-hybridized carbons (Fsp3) is 0.250. The Bertz CT molecular complexity index is 667. The predicted octanol–water partition coefficient (Wildman–Crippen LogP) is 1.72. The van der Waals surface area contributed by atoms with Crippen molar-refractivity contribution in [1.82, 2.24) is 14.8 Å². The molecule has 96 valence electrons. The minimum atomic E-state index is -0.430. The van der Waals surface area contributed by atoms with Crippen molar-refractivity contribution in [2.45, 2.75) is 20.4 Å². The maximum atomic E-state index is 10.9. The summed E-state index contributed by atoms with van der Waals surface area (Å²) >= 11 is 0. The van der Waals surface area contributed by atoms with Gasteiger partial charge in [-0.25, -0.2) is 0 Å². The molecule has 2 aromatic heterocycles. The molecule has 0 saturated heterocycles. The van der Waals surface area contributed by atoms with Crippen LogP contribution in [-0.4, -0.2) is 19.7 Å². The summed E-state index contributed by atoms with van der Waals surface area (Å²) < 4.78 is 1.54. The van der Waals surface area contributed by atoms with Crippen LogP contribution in [0.5, 0.6) is 0 Å². The normalized spacial score (nSPS) is 10.2. The van der Waals surface area contributed by atoms with Crippen molar-refractivity contribution in [3.63, 3.8) is 0 Å². The van der Waals surface area contributed by atoms with E-state index in [0.29, 0.717) is 29.2 Å². The van der Waals surface area contributed by atoms with Crippen molar-refractivity contribution in [3.8, 4) is 6.07 Å². The molecule has 0 radical (unpaired) electrons. The van der Waals surface area contributed by atoms with Crippen molar-refractivity contribution in [3.05, 3.63) is 51.1 Å². The summed E-state index contributed by atoms with van der Waals surface area (Å²) in [6.07, 6.45) is 1.47. The minimum absolute atomic E-state index is 0.0358. The number of pyridine rings is 1. The maximum Gasteiger partial charge on any atom is 0.312 e. The molecule has 2 aromatic rings. The smallest absolute Gasteiger partial charge is 0.258 e. The van der Waals surface area contributed by atoms with Gasteiger partial charge in [-0.3, -0.25) is 19.8 Å². The molecule has 0 aliphatic heterocycles. The van der Waals surface area contributed by atoms with Crippen LogP contribution in [0.15, 0.2) is 18.3 Å². The highest BCUT2D eigenvalue weighted by atomic mass is 16.6. The van der Waals surface area contributed by atoms with Gasteiger partial charge in [0.15, 0.2) is 0 Å². The van der Waals surface area contributed by atoms with Crippen LogP contribution < -0.4 is 0 Å². The maximum absolute atomic E-state index is 10.9. The lowest BCUT2D eigenvalue weighted by atomic mass is 10.2. The molecular formula is C12H11N5O2. The molecular weight excluding hydrogens is 246 g/mol. The standard InChI is InChI=1S/C12H11N5O2/c1-8-12(17(18)19)9(2)16(15-8)7-11-4-3-10(5-13)6-14-11/h3-4,6H,7H2,1-2H3. The van der Waals surface area contributed by atoms with Gasteiger partial charge in [0.05, 0.1) is 22.7 Å². The number of rotatable bonds is 3. The number of hydrogen-bond donors (Lipinski definition) is 0. The number of aromatic nitrogens is 3. The molecule has 0 aliphatic rings.